The molecule has 0 unspecified atom stereocenters. The molecule has 0 saturated carbocycles. The first kappa shape index (κ1) is 22.3. The third kappa shape index (κ3) is 6.59. The fourth-order valence-electron chi connectivity index (χ4n) is 3.40. The van der Waals surface area contributed by atoms with E-state index < -0.39 is 10.4 Å². The molecule has 0 amide bonds. The molecule has 0 aliphatic carbocycles. The van der Waals surface area contributed by atoms with Crippen LogP contribution in [0.15, 0.2) is 12.3 Å². The van der Waals surface area contributed by atoms with Gasteiger partial charge in [-0.25, -0.2) is 13.4 Å². The molecule has 2 aromatic rings. The molecule has 3 heterocycles. The average Bonchev–Trinajstić information content (AvgIpc) is 3.00. The topological polar surface area (TPSA) is 135 Å². The Morgan fingerprint density at radius 2 is 2.00 bits per heavy atom. The summed E-state index contributed by atoms with van der Waals surface area (Å²) in [6, 6.07) is 2.02. The number of likely N-dealkylation sites (tertiary alicyclic amines) is 1. The second-order valence-corrected chi connectivity index (χ2v) is 8.47. The van der Waals surface area contributed by atoms with Crippen LogP contribution in [0.25, 0.3) is 5.65 Å². The lowest BCUT2D eigenvalue weighted by atomic mass is 10.1. The Kier molecular flexibility index (Phi) is 7.58. The number of hydrogen-bond donors (Lipinski definition) is 2. The van der Waals surface area contributed by atoms with E-state index in [1.54, 1.807) is 10.7 Å². The number of aryl methyl sites for hydroxylation is 1. The summed E-state index contributed by atoms with van der Waals surface area (Å²) in [5.41, 5.74) is 8.22. The normalized spacial score (nSPS) is 16.4. The lowest BCUT2D eigenvalue weighted by Crippen LogP contribution is -2.48. The summed E-state index contributed by atoms with van der Waals surface area (Å²) in [5.74, 6) is 0.973. The van der Waals surface area contributed by atoms with E-state index in [0.717, 1.165) is 37.2 Å². The number of nitrogens with one attached hydrogen (secondary N) is 1. The van der Waals surface area contributed by atoms with Crippen molar-refractivity contribution in [3.8, 4) is 0 Å². The van der Waals surface area contributed by atoms with Gasteiger partial charge in [0.2, 0.25) is 10.4 Å². The standard InChI is InChI=1S/C16H27N6.CH4O4S/c1-13-11-15(21-16(20-13)14(17)12-19-21)18-7-6-10-22(2)8-4-3-5-9-22;1-5-6(2,3)4/h11-12,18H,3-10,17H2,1-2H3;1H3,(H,2,3,4)/q+1;/p-1. The molecule has 158 valence electrons. The van der Waals surface area contributed by atoms with Crippen molar-refractivity contribution in [2.75, 3.05) is 51.4 Å². The Hall–Kier alpha value is -1.95. The maximum absolute atomic E-state index is 9.22. The van der Waals surface area contributed by atoms with Crippen molar-refractivity contribution >= 4 is 27.6 Å². The van der Waals surface area contributed by atoms with E-state index in [-0.39, 0.29) is 0 Å². The SMILES string of the molecule is COS(=O)(=O)[O-].Cc1cc(NCCC[N+]2(C)CCCCC2)n2ncc(N)c2n1. The largest absolute Gasteiger partial charge is 0.726 e. The summed E-state index contributed by atoms with van der Waals surface area (Å²) in [6.45, 7) is 6.83. The fraction of sp³-hybridized carbons (Fsp3) is 0.647. The van der Waals surface area contributed by atoms with Gasteiger partial charge in [0.1, 0.15) is 5.82 Å². The Morgan fingerprint density at radius 1 is 1.36 bits per heavy atom. The Morgan fingerprint density at radius 3 is 2.61 bits per heavy atom. The summed E-state index contributed by atoms with van der Waals surface area (Å²) < 4.78 is 34.0. The second-order valence-electron chi connectivity index (χ2n) is 7.32. The van der Waals surface area contributed by atoms with E-state index >= 15 is 0 Å². The van der Waals surface area contributed by atoms with Crippen LogP contribution in [0, 0.1) is 6.92 Å². The molecule has 11 heteroatoms. The van der Waals surface area contributed by atoms with Gasteiger partial charge in [-0.2, -0.15) is 9.61 Å². The molecular formula is C17H30N6O4S. The van der Waals surface area contributed by atoms with E-state index in [4.69, 9.17) is 5.73 Å². The number of aromatic nitrogens is 3. The van der Waals surface area contributed by atoms with E-state index in [1.807, 2.05) is 13.0 Å². The molecule has 3 N–H and O–H groups in total. The smallest absolute Gasteiger partial charge is 0.217 e. The van der Waals surface area contributed by atoms with Gasteiger partial charge in [-0.05, 0) is 26.2 Å². The van der Waals surface area contributed by atoms with Crippen LogP contribution in [0.5, 0.6) is 0 Å². The van der Waals surface area contributed by atoms with E-state index in [1.165, 1.54) is 43.4 Å². The molecule has 10 nitrogen and oxygen atoms in total. The number of piperidine rings is 1. The first-order valence-electron chi connectivity index (χ1n) is 9.33. The van der Waals surface area contributed by atoms with Gasteiger partial charge in [-0.3, -0.25) is 4.18 Å². The molecule has 0 radical (unpaired) electrons. The van der Waals surface area contributed by atoms with E-state index in [9.17, 15) is 13.0 Å². The highest BCUT2D eigenvalue weighted by Gasteiger charge is 2.23. The molecule has 0 bridgehead atoms. The summed E-state index contributed by atoms with van der Waals surface area (Å²) in [5, 5.41) is 7.80. The van der Waals surface area contributed by atoms with Gasteiger partial charge in [0.25, 0.3) is 0 Å². The van der Waals surface area contributed by atoms with Crippen molar-refractivity contribution in [2.24, 2.45) is 0 Å². The minimum atomic E-state index is -4.41. The van der Waals surface area contributed by atoms with Crippen LogP contribution in [0.1, 0.15) is 31.4 Å². The highest BCUT2D eigenvalue weighted by atomic mass is 32.3. The van der Waals surface area contributed by atoms with Crippen LogP contribution >= 0.6 is 0 Å². The monoisotopic (exact) mass is 414 g/mol. The predicted molar refractivity (Wildman–Crippen MR) is 107 cm³/mol. The van der Waals surface area contributed by atoms with Gasteiger partial charge in [-0.1, -0.05) is 0 Å². The number of quaternary nitrogens is 1. The molecule has 0 spiro atoms. The molecule has 0 aromatic carbocycles. The van der Waals surface area contributed by atoms with Gasteiger partial charge in [0, 0.05) is 24.7 Å². The Bertz CT molecular complexity index is 877. The number of fused-ring (bicyclic) bond motifs is 1. The zero-order valence-corrected chi connectivity index (χ0v) is 17.5. The molecule has 0 atom stereocenters. The molecule has 1 fully saturated rings. The zero-order valence-electron chi connectivity index (χ0n) is 16.7. The summed E-state index contributed by atoms with van der Waals surface area (Å²) in [7, 11) is -1.21. The number of nitrogens with two attached hydrogens (primary N) is 1. The molecule has 28 heavy (non-hydrogen) atoms. The summed E-state index contributed by atoms with van der Waals surface area (Å²) in [4.78, 5) is 4.44. The molecule has 2 aromatic heterocycles. The number of hydrogen-bond acceptors (Lipinski definition) is 8. The summed E-state index contributed by atoms with van der Waals surface area (Å²) >= 11 is 0. The average molecular weight is 415 g/mol. The molecule has 3 rings (SSSR count). The van der Waals surface area contributed by atoms with Crippen LogP contribution < -0.4 is 11.1 Å². The third-order valence-electron chi connectivity index (χ3n) is 4.91. The number of anilines is 2. The van der Waals surface area contributed by atoms with Crippen molar-refractivity contribution in [2.45, 2.75) is 32.6 Å². The molecule has 1 saturated heterocycles. The highest BCUT2D eigenvalue weighted by molar-refractivity contribution is 7.80. The van der Waals surface area contributed by atoms with Gasteiger partial charge in [0.15, 0.2) is 5.65 Å². The third-order valence-corrected chi connectivity index (χ3v) is 5.32. The van der Waals surface area contributed by atoms with Gasteiger partial charge in [0.05, 0.1) is 45.7 Å². The second kappa shape index (κ2) is 9.50. The first-order chi connectivity index (χ1) is 13.1. The lowest BCUT2D eigenvalue weighted by molar-refractivity contribution is -0.914. The number of nitrogens with zero attached hydrogens (tertiary/aromatic N) is 4. The van der Waals surface area contributed by atoms with Gasteiger partial charge < -0.3 is 20.1 Å². The van der Waals surface area contributed by atoms with E-state index in [0.29, 0.717) is 5.69 Å². The van der Waals surface area contributed by atoms with Crippen LogP contribution in [-0.2, 0) is 14.6 Å². The lowest BCUT2D eigenvalue weighted by Gasteiger charge is -2.37. The van der Waals surface area contributed by atoms with Gasteiger partial charge in [-0.15, -0.1) is 0 Å². The molecule has 1 aliphatic heterocycles. The van der Waals surface area contributed by atoms with Crippen molar-refractivity contribution in [1.82, 2.24) is 14.6 Å². The van der Waals surface area contributed by atoms with Gasteiger partial charge >= 0.3 is 0 Å². The van der Waals surface area contributed by atoms with Crippen molar-refractivity contribution in [3.05, 3.63) is 18.0 Å². The fourth-order valence-corrected chi connectivity index (χ4v) is 3.40. The predicted octanol–water partition coefficient (Wildman–Crippen LogP) is 1.15. The van der Waals surface area contributed by atoms with Crippen LogP contribution in [-0.4, -0.2) is 72.4 Å². The molecule has 1 aliphatic rings. The van der Waals surface area contributed by atoms with E-state index in [2.05, 4.69) is 26.6 Å². The number of nitrogen functional groups attached to an aromatic ring is 1. The van der Waals surface area contributed by atoms with Crippen molar-refractivity contribution < 1.29 is 21.6 Å². The molecular weight excluding hydrogens is 384 g/mol. The summed E-state index contributed by atoms with van der Waals surface area (Å²) in [6.07, 6.45) is 6.98. The first-order valence-corrected chi connectivity index (χ1v) is 10.7. The van der Waals surface area contributed by atoms with Crippen LogP contribution in [0.2, 0.25) is 0 Å². The highest BCUT2D eigenvalue weighted by Crippen LogP contribution is 2.18. The maximum atomic E-state index is 9.22. The van der Waals surface area contributed by atoms with Crippen LogP contribution in [0.3, 0.4) is 0 Å². The zero-order chi connectivity index (χ0) is 20.8. The Balaban J connectivity index is 0.000000409. The van der Waals surface area contributed by atoms with Crippen molar-refractivity contribution in [3.63, 3.8) is 0 Å². The van der Waals surface area contributed by atoms with Crippen LogP contribution in [0.4, 0.5) is 11.5 Å². The quantitative estimate of drug-likeness (QED) is 0.311. The minimum Gasteiger partial charge on any atom is -0.726 e. The Labute approximate surface area is 166 Å². The maximum Gasteiger partial charge on any atom is 0.217 e. The minimum absolute atomic E-state index is 0.623. The van der Waals surface area contributed by atoms with Crippen molar-refractivity contribution in [1.29, 1.82) is 0 Å². The number of rotatable bonds is 6.